The summed E-state index contributed by atoms with van der Waals surface area (Å²) in [6, 6.07) is 9.14. The summed E-state index contributed by atoms with van der Waals surface area (Å²) in [5.74, 6) is -1.00. The van der Waals surface area contributed by atoms with Crippen molar-refractivity contribution in [2.75, 3.05) is 13.2 Å². The molecule has 0 aromatic heterocycles. The van der Waals surface area contributed by atoms with Crippen molar-refractivity contribution in [1.29, 1.82) is 0 Å². The molecule has 0 saturated heterocycles. The van der Waals surface area contributed by atoms with E-state index in [2.05, 4.69) is 10.1 Å². The Labute approximate surface area is 118 Å². The zero-order valence-electron chi connectivity index (χ0n) is 11.4. The zero-order chi connectivity index (χ0) is 14.8. The van der Waals surface area contributed by atoms with Crippen LogP contribution >= 0.6 is 0 Å². The predicted octanol–water partition coefficient (Wildman–Crippen LogP) is 0.825. The third-order valence-electron chi connectivity index (χ3n) is 2.55. The highest BCUT2D eigenvalue weighted by molar-refractivity contribution is 5.94. The number of benzene rings is 1. The summed E-state index contributed by atoms with van der Waals surface area (Å²) in [5.41, 5.74) is 1.02. The molecule has 0 heterocycles. The van der Waals surface area contributed by atoms with Crippen LogP contribution in [0.4, 0.5) is 0 Å². The Kier molecular flexibility index (Phi) is 7.06. The van der Waals surface area contributed by atoms with Crippen molar-refractivity contribution in [1.82, 2.24) is 5.32 Å². The molecule has 20 heavy (non-hydrogen) atoms. The average Bonchev–Trinajstić information content (AvgIpc) is 2.46. The van der Waals surface area contributed by atoms with Gasteiger partial charge in [0.25, 0.3) is 0 Å². The van der Waals surface area contributed by atoms with Crippen molar-refractivity contribution in [2.45, 2.75) is 19.4 Å². The van der Waals surface area contributed by atoms with Gasteiger partial charge in [0.15, 0.2) is 0 Å². The van der Waals surface area contributed by atoms with Gasteiger partial charge in [0.05, 0.1) is 19.3 Å². The van der Waals surface area contributed by atoms with Crippen LogP contribution < -0.4 is 5.32 Å². The van der Waals surface area contributed by atoms with Crippen LogP contribution in [-0.2, 0) is 20.7 Å². The highest BCUT2D eigenvalue weighted by atomic mass is 16.5. The summed E-state index contributed by atoms with van der Waals surface area (Å²) >= 11 is 0. The molecule has 0 aliphatic carbocycles. The largest absolute Gasteiger partial charge is 0.463 e. The van der Waals surface area contributed by atoms with Gasteiger partial charge in [-0.3, -0.25) is 4.79 Å². The highest BCUT2D eigenvalue weighted by Gasteiger charge is 2.10. The van der Waals surface area contributed by atoms with Gasteiger partial charge in [0, 0.05) is 12.2 Å². The molecule has 1 atom stereocenters. The monoisotopic (exact) mass is 277 g/mol. The summed E-state index contributed by atoms with van der Waals surface area (Å²) in [6.45, 7) is 1.78. The minimum Gasteiger partial charge on any atom is -0.463 e. The van der Waals surface area contributed by atoms with Crippen LogP contribution in [0.2, 0.25) is 0 Å². The van der Waals surface area contributed by atoms with Crippen molar-refractivity contribution in [3.63, 3.8) is 0 Å². The molecule has 1 aromatic carbocycles. The van der Waals surface area contributed by atoms with E-state index in [-0.39, 0.29) is 13.2 Å². The standard InChI is InChI=1S/C15H19NO4/c1-2-20-15(19)9-8-14(18)16-13(11-17)10-12-6-4-3-5-7-12/h3-9,13,17H,2,10-11H2,1H3,(H,16,18)/b9-8+/t13-/m0/s1. The molecule has 0 bridgehead atoms. The summed E-state index contributed by atoms with van der Waals surface area (Å²) in [7, 11) is 0. The molecule has 1 amide bonds. The molecule has 1 aromatic rings. The van der Waals surface area contributed by atoms with E-state index >= 15 is 0 Å². The minimum absolute atomic E-state index is 0.173. The highest BCUT2D eigenvalue weighted by Crippen LogP contribution is 2.02. The van der Waals surface area contributed by atoms with E-state index in [1.165, 1.54) is 0 Å². The van der Waals surface area contributed by atoms with E-state index in [9.17, 15) is 14.7 Å². The average molecular weight is 277 g/mol. The lowest BCUT2D eigenvalue weighted by molar-refractivity contribution is -0.137. The number of esters is 1. The molecule has 0 aliphatic heterocycles. The van der Waals surface area contributed by atoms with Crippen LogP contribution in [0.3, 0.4) is 0 Å². The van der Waals surface area contributed by atoms with Crippen LogP contribution in [0.5, 0.6) is 0 Å². The van der Waals surface area contributed by atoms with Crippen LogP contribution in [0, 0.1) is 0 Å². The number of amides is 1. The van der Waals surface area contributed by atoms with Crippen LogP contribution in [-0.4, -0.2) is 36.2 Å². The number of carbonyl (C=O) groups is 2. The molecule has 0 fully saturated rings. The zero-order valence-corrected chi connectivity index (χ0v) is 11.4. The maximum atomic E-state index is 11.6. The van der Waals surface area contributed by atoms with Crippen molar-refractivity contribution in [2.24, 2.45) is 0 Å². The van der Waals surface area contributed by atoms with Crippen molar-refractivity contribution in [3.05, 3.63) is 48.0 Å². The molecule has 2 N–H and O–H groups in total. The van der Waals surface area contributed by atoms with Crippen molar-refractivity contribution in [3.8, 4) is 0 Å². The maximum Gasteiger partial charge on any atom is 0.330 e. The quantitative estimate of drug-likeness (QED) is 0.571. The van der Waals surface area contributed by atoms with E-state index in [4.69, 9.17) is 0 Å². The number of hydrogen-bond acceptors (Lipinski definition) is 4. The van der Waals surface area contributed by atoms with Gasteiger partial charge in [-0.05, 0) is 18.9 Å². The summed E-state index contributed by atoms with van der Waals surface area (Å²) in [4.78, 5) is 22.6. The number of hydrogen-bond donors (Lipinski definition) is 2. The summed E-state index contributed by atoms with van der Waals surface area (Å²) in [5, 5.41) is 11.9. The van der Waals surface area contributed by atoms with Crippen molar-refractivity contribution >= 4 is 11.9 Å². The van der Waals surface area contributed by atoms with E-state index in [0.717, 1.165) is 17.7 Å². The first-order valence-corrected chi connectivity index (χ1v) is 6.45. The lowest BCUT2D eigenvalue weighted by Crippen LogP contribution is -2.38. The van der Waals surface area contributed by atoms with Crippen LogP contribution in [0.1, 0.15) is 12.5 Å². The Bertz CT molecular complexity index is 456. The van der Waals surface area contributed by atoms with Gasteiger partial charge in [0.1, 0.15) is 0 Å². The van der Waals surface area contributed by atoms with Gasteiger partial charge < -0.3 is 15.2 Å². The van der Waals surface area contributed by atoms with Gasteiger partial charge in [-0.15, -0.1) is 0 Å². The number of aliphatic hydroxyl groups excluding tert-OH is 1. The van der Waals surface area contributed by atoms with Crippen LogP contribution in [0.15, 0.2) is 42.5 Å². The second kappa shape index (κ2) is 8.87. The molecular weight excluding hydrogens is 258 g/mol. The van der Waals surface area contributed by atoms with Gasteiger partial charge in [0.2, 0.25) is 5.91 Å². The molecule has 0 unspecified atom stereocenters. The number of rotatable bonds is 7. The molecule has 0 saturated carbocycles. The van der Waals surface area contributed by atoms with Gasteiger partial charge in [-0.25, -0.2) is 4.79 Å². The van der Waals surface area contributed by atoms with E-state index in [0.29, 0.717) is 6.42 Å². The molecule has 0 spiro atoms. The Hall–Kier alpha value is -2.14. The third kappa shape index (κ3) is 6.15. The second-order valence-electron chi connectivity index (χ2n) is 4.16. The summed E-state index contributed by atoms with van der Waals surface area (Å²) in [6.07, 6.45) is 2.69. The van der Waals surface area contributed by atoms with Gasteiger partial charge in [-0.2, -0.15) is 0 Å². The van der Waals surface area contributed by atoms with E-state index in [1.54, 1.807) is 6.92 Å². The molecule has 0 aliphatic rings. The number of carbonyl (C=O) groups excluding carboxylic acids is 2. The second-order valence-corrected chi connectivity index (χ2v) is 4.16. The Morgan fingerprint density at radius 1 is 1.30 bits per heavy atom. The first-order valence-electron chi connectivity index (χ1n) is 6.45. The first-order chi connectivity index (χ1) is 9.65. The smallest absolute Gasteiger partial charge is 0.330 e. The Morgan fingerprint density at radius 3 is 2.60 bits per heavy atom. The normalized spacial score (nSPS) is 12.1. The van der Waals surface area contributed by atoms with Gasteiger partial charge >= 0.3 is 5.97 Å². The van der Waals surface area contributed by atoms with Crippen LogP contribution in [0.25, 0.3) is 0 Å². The number of aliphatic hydroxyl groups is 1. The molecule has 1 rings (SSSR count). The Balaban J connectivity index is 2.47. The molecule has 5 nitrogen and oxygen atoms in total. The fraction of sp³-hybridized carbons (Fsp3) is 0.333. The van der Waals surface area contributed by atoms with Gasteiger partial charge in [-0.1, -0.05) is 30.3 Å². The van der Waals surface area contributed by atoms with E-state index < -0.39 is 17.9 Å². The predicted molar refractivity (Wildman–Crippen MR) is 74.9 cm³/mol. The summed E-state index contributed by atoms with van der Waals surface area (Å²) < 4.78 is 4.66. The number of ether oxygens (including phenoxy) is 1. The SMILES string of the molecule is CCOC(=O)/C=C/C(=O)N[C@H](CO)Cc1ccccc1. The fourth-order valence-electron chi connectivity index (χ4n) is 1.64. The van der Waals surface area contributed by atoms with Crippen molar-refractivity contribution < 1.29 is 19.4 Å². The first kappa shape index (κ1) is 15.9. The third-order valence-corrected chi connectivity index (χ3v) is 2.55. The Morgan fingerprint density at radius 2 is 2.00 bits per heavy atom. The lowest BCUT2D eigenvalue weighted by Gasteiger charge is -2.15. The molecule has 108 valence electrons. The molecular formula is C15H19NO4. The fourth-order valence-corrected chi connectivity index (χ4v) is 1.64. The lowest BCUT2D eigenvalue weighted by atomic mass is 10.1. The molecule has 5 heteroatoms. The maximum absolute atomic E-state index is 11.6. The molecule has 0 radical (unpaired) electrons. The van der Waals surface area contributed by atoms with E-state index in [1.807, 2.05) is 30.3 Å². The topological polar surface area (TPSA) is 75.6 Å². The minimum atomic E-state index is -0.564. The number of nitrogens with one attached hydrogen (secondary N) is 1.